The molecular formula is C29H39N3O4S. The molecule has 3 rings (SSSR count). The average molecular weight is 526 g/mol. The Morgan fingerprint density at radius 1 is 1.00 bits per heavy atom. The second-order valence-corrected chi connectivity index (χ2v) is 11.2. The van der Waals surface area contributed by atoms with Crippen LogP contribution in [0, 0.1) is 27.7 Å². The van der Waals surface area contributed by atoms with E-state index in [1.54, 1.807) is 25.7 Å². The van der Waals surface area contributed by atoms with Crippen LogP contribution < -0.4 is 10.6 Å². The van der Waals surface area contributed by atoms with Crippen molar-refractivity contribution in [3.05, 3.63) is 64.2 Å². The van der Waals surface area contributed by atoms with Gasteiger partial charge in [-0.2, -0.15) is 12.6 Å². The van der Waals surface area contributed by atoms with E-state index in [-0.39, 0.29) is 23.6 Å². The van der Waals surface area contributed by atoms with E-state index in [1.165, 1.54) is 0 Å². The van der Waals surface area contributed by atoms with Crippen LogP contribution in [0.2, 0.25) is 0 Å². The number of hydrogen-bond donors (Lipinski definition) is 3. The lowest BCUT2D eigenvalue weighted by Gasteiger charge is -2.34. The summed E-state index contributed by atoms with van der Waals surface area (Å²) in [5.74, 6) is -0.584. The number of amides is 3. The summed E-state index contributed by atoms with van der Waals surface area (Å²) in [7, 11) is 0. The minimum atomic E-state index is -0.944. The predicted octanol–water partition coefficient (Wildman–Crippen LogP) is 5.41. The molecule has 2 aromatic carbocycles. The molecule has 1 aliphatic carbocycles. The highest BCUT2D eigenvalue weighted by Crippen LogP contribution is 2.37. The number of aryl methyl sites for hydroxylation is 4. The smallest absolute Gasteiger partial charge is 0.408 e. The standard InChI is InChI=1S/C29H39N3O4S/c1-17-11-12-21(15-20(17)4)25(26(33)31-24-18(2)9-8-10-19(24)3)32(22-13-14-22)27(34)23(16-37)30-28(35)36-29(5,6)7/h8-12,15,22-23,25,37H,13-14,16H2,1-7H3,(H,30,35)(H,31,33). The summed E-state index contributed by atoms with van der Waals surface area (Å²) in [6, 6.07) is 9.74. The molecular weight excluding hydrogens is 486 g/mol. The molecule has 2 aromatic rings. The SMILES string of the molecule is Cc1ccc(C(C(=O)Nc2c(C)cccc2C)N(C(=O)C(CS)NC(=O)OC(C)(C)C)C2CC2)cc1C. The molecule has 2 atom stereocenters. The van der Waals surface area contributed by atoms with E-state index in [4.69, 9.17) is 4.74 Å². The highest BCUT2D eigenvalue weighted by atomic mass is 32.1. The van der Waals surface area contributed by atoms with Gasteiger partial charge in [-0.05, 0) is 89.1 Å². The van der Waals surface area contributed by atoms with Gasteiger partial charge in [-0.25, -0.2) is 4.79 Å². The molecule has 0 aromatic heterocycles. The van der Waals surface area contributed by atoms with Crippen molar-refractivity contribution in [3.8, 4) is 0 Å². The second-order valence-electron chi connectivity index (χ2n) is 10.9. The fourth-order valence-electron chi connectivity index (χ4n) is 4.26. The number of hydrogen-bond acceptors (Lipinski definition) is 5. The number of anilines is 1. The van der Waals surface area contributed by atoms with Crippen LogP contribution in [-0.4, -0.2) is 46.2 Å². The van der Waals surface area contributed by atoms with Crippen LogP contribution in [0.25, 0.3) is 0 Å². The number of thiol groups is 1. The molecule has 3 amide bonds. The van der Waals surface area contributed by atoms with Crippen LogP contribution in [0.3, 0.4) is 0 Å². The molecule has 0 heterocycles. The maximum atomic E-state index is 14.0. The van der Waals surface area contributed by atoms with E-state index in [1.807, 2.05) is 64.1 Å². The zero-order valence-corrected chi connectivity index (χ0v) is 23.7. The number of rotatable bonds is 8. The topological polar surface area (TPSA) is 87.7 Å². The lowest BCUT2D eigenvalue weighted by Crippen LogP contribution is -2.54. The Hall–Kier alpha value is -3.00. The fourth-order valence-corrected chi connectivity index (χ4v) is 4.51. The van der Waals surface area contributed by atoms with Gasteiger partial charge < -0.3 is 20.3 Å². The van der Waals surface area contributed by atoms with Crippen molar-refractivity contribution in [2.24, 2.45) is 0 Å². The lowest BCUT2D eigenvalue weighted by atomic mass is 9.98. The van der Waals surface area contributed by atoms with Crippen LogP contribution in [-0.2, 0) is 14.3 Å². The van der Waals surface area contributed by atoms with Gasteiger partial charge in [-0.15, -0.1) is 0 Å². The van der Waals surface area contributed by atoms with Crippen LogP contribution in [0.4, 0.5) is 10.5 Å². The highest BCUT2D eigenvalue weighted by Gasteiger charge is 2.44. The highest BCUT2D eigenvalue weighted by molar-refractivity contribution is 7.80. The van der Waals surface area contributed by atoms with Crippen molar-refractivity contribution in [1.29, 1.82) is 0 Å². The maximum Gasteiger partial charge on any atom is 0.408 e. The summed E-state index contributed by atoms with van der Waals surface area (Å²) < 4.78 is 5.37. The summed E-state index contributed by atoms with van der Waals surface area (Å²) in [6.07, 6.45) is 0.878. The lowest BCUT2D eigenvalue weighted by molar-refractivity contribution is -0.141. The predicted molar refractivity (Wildman–Crippen MR) is 150 cm³/mol. The maximum absolute atomic E-state index is 14.0. The van der Waals surface area contributed by atoms with Gasteiger partial charge >= 0.3 is 6.09 Å². The van der Waals surface area contributed by atoms with Crippen molar-refractivity contribution >= 4 is 36.2 Å². The molecule has 7 nitrogen and oxygen atoms in total. The molecule has 1 saturated carbocycles. The number of carbonyl (C=O) groups is 3. The summed E-state index contributed by atoms with van der Waals surface area (Å²) >= 11 is 4.35. The molecule has 37 heavy (non-hydrogen) atoms. The van der Waals surface area contributed by atoms with Gasteiger partial charge in [-0.3, -0.25) is 9.59 Å². The van der Waals surface area contributed by atoms with E-state index in [9.17, 15) is 14.4 Å². The quantitative estimate of drug-likeness (QED) is 0.402. The Morgan fingerprint density at radius 3 is 2.14 bits per heavy atom. The first-order valence-corrected chi connectivity index (χ1v) is 13.3. The number of carbonyl (C=O) groups excluding carboxylic acids is 3. The van der Waals surface area contributed by atoms with Gasteiger partial charge in [-0.1, -0.05) is 36.4 Å². The van der Waals surface area contributed by atoms with Crippen LogP contribution in [0.15, 0.2) is 36.4 Å². The third-order valence-electron chi connectivity index (χ3n) is 6.47. The minimum Gasteiger partial charge on any atom is -0.444 e. The zero-order valence-electron chi connectivity index (χ0n) is 22.8. The number of para-hydroxylation sites is 1. The van der Waals surface area contributed by atoms with E-state index in [2.05, 4.69) is 23.3 Å². The monoisotopic (exact) mass is 525 g/mol. The van der Waals surface area contributed by atoms with Crippen LogP contribution in [0.1, 0.15) is 67.5 Å². The van der Waals surface area contributed by atoms with Gasteiger partial charge in [0, 0.05) is 17.5 Å². The third kappa shape index (κ3) is 7.28. The average Bonchev–Trinajstić information content (AvgIpc) is 3.63. The molecule has 0 bridgehead atoms. The third-order valence-corrected chi connectivity index (χ3v) is 6.83. The molecule has 0 aliphatic heterocycles. The van der Waals surface area contributed by atoms with Gasteiger partial charge in [0.1, 0.15) is 17.7 Å². The molecule has 0 spiro atoms. The number of benzene rings is 2. The Labute approximate surface area is 225 Å². The van der Waals surface area contributed by atoms with E-state index < -0.39 is 23.8 Å². The van der Waals surface area contributed by atoms with Crippen molar-refractivity contribution in [2.45, 2.75) is 85.0 Å². The van der Waals surface area contributed by atoms with Crippen molar-refractivity contribution in [3.63, 3.8) is 0 Å². The molecule has 200 valence electrons. The van der Waals surface area contributed by atoms with Gasteiger partial charge in [0.05, 0.1) is 0 Å². The normalized spacial score (nSPS) is 14.9. The van der Waals surface area contributed by atoms with Crippen LogP contribution in [0.5, 0.6) is 0 Å². The second kappa shape index (κ2) is 11.6. The summed E-state index contributed by atoms with van der Waals surface area (Å²) in [5, 5.41) is 5.75. The van der Waals surface area contributed by atoms with E-state index in [0.717, 1.165) is 46.3 Å². The van der Waals surface area contributed by atoms with Gasteiger partial charge in [0.25, 0.3) is 5.91 Å². The molecule has 0 saturated heterocycles. The summed E-state index contributed by atoms with van der Waals surface area (Å²) in [4.78, 5) is 42.0. The first-order valence-electron chi connectivity index (χ1n) is 12.7. The van der Waals surface area contributed by atoms with Gasteiger partial charge in [0.15, 0.2) is 0 Å². The number of nitrogens with one attached hydrogen (secondary N) is 2. The molecule has 1 fully saturated rings. The number of ether oxygens (including phenoxy) is 1. The van der Waals surface area contributed by atoms with Gasteiger partial charge in [0.2, 0.25) is 5.91 Å². The Kier molecular flexibility index (Phi) is 8.95. The molecule has 8 heteroatoms. The van der Waals surface area contributed by atoms with E-state index in [0.29, 0.717) is 0 Å². The summed E-state index contributed by atoms with van der Waals surface area (Å²) in [5.41, 5.74) is 4.76. The molecule has 2 N–H and O–H groups in total. The van der Waals surface area contributed by atoms with Crippen molar-refractivity contribution < 1.29 is 19.1 Å². The molecule has 2 unspecified atom stereocenters. The molecule has 0 radical (unpaired) electrons. The van der Waals surface area contributed by atoms with Crippen molar-refractivity contribution in [1.82, 2.24) is 10.2 Å². The van der Waals surface area contributed by atoms with E-state index >= 15 is 0 Å². The Morgan fingerprint density at radius 2 is 1.62 bits per heavy atom. The Bertz CT molecular complexity index is 1150. The largest absolute Gasteiger partial charge is 0.444 e. The fraction of sp³-hybridized carbons (Fsp3) is 0.483. The summed E-state index contributed by atoms with van der Waals surface area (Å²) in [6.45, 7) is 13.2. The number of nitrogens with zero attached hydrogens (tertiary/aromatic N) is 1. The Balaban J connectivity index is 2.01. The van der Waals surface area contributed by atoms with Crippen LogP contribution >= 0.6 is 12.6 Å². The first kappa shape index (κ1) is 28.6. The van der Waals surface area contributed by atoms with Crippen molar-refractivity contribution in [2.75, 3.05) is 11.1 Å². The zero-order chi connectivity index (χ0) is 27.5. The minimum absolute atomic E-state index is 0.0689. The molecule has 1 aliphatic rings. The number of alkyl carbamates (subject to hydrolysis) is 1. The first-order chi connectivity index (χ1) is 17.3.